The number of hydrogen-bond donors (Lipinski definition) is 4. The van der Waals surface area contributed by atoms with Crippen molar-refractivity contribution in [3.63, 3.8) is 0 Å². The van der Waals surface area contributed by atoms with Gasteiger partial charge < -0.3 is 29.8 Å². The standard InChI is InChI=1S/C22H49N3O5Si3/c1-8-9-16-31(2,3)29-33(6,7)30-32(4,5)17-12-15-25-21(26)18-19(23)13-10-11-14-20(24)22(27)28/h20,23H,8-18,24H2,1-7H3,(H,25,26)(H,27,28)/t20-/m0/s1. The van der Waals surface area contributed by atoms with Crippen LogP contribution in [0.3, 0.4) is 0 Å². The smallest absolute Gasteiger partial charge is 0.320 e. The van der Waals surface area contributed by atoms with E-state index in [2.05, 4.69) is 51.5 Å². The van der Waals surface area contributed by atoms with Crippen molar-refractivity contribution >= 4 is 42.8 Å². The molecule has 0 aromatic heterocycles. The maximum Gasteiger partial charge on any atom is 0.320 e. The molecule has 0 rings (SSSR count). The number of aliphatic carboxylic acids is 1. The highest BCUT2D eigenvalue weighted by atomic mass is 28.5. The summed E-state index contributed by atoms with van der Waals surface area (Å²) in [5, 5.41) is 19.6. The summed E-state index contributed by atoms with van der Waals surface area (Å²) >= 11 is 0. The summed E-state index contributed by atoms with van der Waals surface area (Å²) < 4.78 is 13.2. The second-order valence-corrected chi connectivity index (χ2v) is 23.1. The van der Waals surface area contributed by atoms with E-state index in [9.17, 15) is 9.59 Å². The number of nitrogens with one attached hydrogen (secondary N) is 2. The van der Waals surface area contributed by atoms with Crippen LogP contribution >= 0.6 is 0 Å². The summed E-state index contributed by atoms with van der Waals surface area (Å²) in [6.07, 6.45) is 5.53. The van der Waals surface area contributed by atoms with E-state index in [0.717, 1.165) is 12.5 Å². The minimum atomic E-state index is -2.19. The number of carboxylic acids is 1. The van der Waals surface area contributed by atoms with Gasteiger partial charge in [-0.2, -0.15) is 0 Å². The van der Waals surface area contributed by atoms with Gasteiger partial charge in [-0.25, -0.2) is 0 Å². The van der Waals surface area contributed by atoms with Crippen molar-refractivity contribution in [2.45, 2.75) is 116 Å². The highest BCUT2D eigenvalue weighted by molar-refractivity contribution is 6.87. The minimum absolute atomic E-state index is 0.0908. The number of carbonyl (C=O) groups excluding carboxylic acids is 1. The molecule has 194 valence electrons. The van der Waals surface area contributed by atoms with Crippen LogP contribution in [0, 0.1) is 5.41 Å². The Balaban J connectivity index is 4.19. The van der Waals surface area contributed by atoms with Crippen molar-refractivity contribution < 1.29 is 22.9 Å². The van der Waals surface area contributed by atoms with Gasteiger partial charge in [0, 0.05) is 12.3 Å². The van der Waals surface area contributed by atoms with E-state index in [1.165, 1.54) is 18.9 Å². The zero-order valence-electron chi connectivity index (χ0n) is 22.0. The molecule has 11 heteroatoms. The molecule has 1 amide bonds. The Morgan fingerprint density at radius 3 is 2.03 bits per heavy atom. The van der Waals surface area contributed by atoms with Crippen molar-refractivity contribution in [1.29, 1.82) is 5.41 Å². The highest BCUT2D eigenvalue weighted by Crippen LogP contribution is 2.26. The molecule has 8 nitrogen and oxygen atoms in total. The summed E-state index contributed by atoms with van der Waals surface area (Å²) in [6.45, 7) is 16.1. The van der Waals surface area contributed by atoms with Gasteiger partial charge in [-0.05, 0) is 77.1 Å². The predicted molar refractivity (Wildman–Crippen MR) is 143 cm³/mol. The monoisotopic (exact) mass is 519 g/mol. The molecule has 0 aliphatic rings. The number of carbonyl (C=O) groups is 2. The second-order valence-electron chi connectivity index (χ2n) is 10.7. The fourth-order valence-electron chi connectivity index (χ4n) is 3.97. The molecule has 0 aliphatic heterocycles. The molecule has 0 bridgehead atoms. The lowest BCUT2D eigenvalue weighted by Crippen LogP contribution is -2.52. The van der Waals surface area contributed by atoms with Crippen LogP contribution in [0.15, 0.2) is 0 Å². The Morgan fingerprint density at radius 1 is 0.970 bits per heavy atom. The van der Waals surface area contributed by atoms with Gasteiger partial charge in [0.2, 0.25) is 5.91 Å². The fraction of sp³-hybridized carbons (Fsp3) is 0.864. The van der Waals surface area contributed by atoms with Gasteiger partial charge in [0.05, 0.1) is 6.42 Å². The van der Waals surface area contributed by atoms with E-state index < -0.39 is 37.2 Å². The van der Waals surface area contributed by atoms with Crippen LogP contribution < -0.4 is 11.1 Å². The number of carboxylic acid groups (broad SMARTS) is 1. The molecule has 0 saturated carbocycles. The zero-order chi connectivity index (χ0) is 25.7. The van der Waals surface area contributed by atoms with Gasteiger partial charge in [-0.1, -0.05) is 26.2 Å². The summed E-state index contributed by atoms with van der Waals surface area (Å²) in [7, 11) is -5.79. The van der Waals surface area contributed by atoms with Gasteiger partial charge in [0.15, 0.2) is 16.6 Å². The fourth-order valence-corrected chi connectivity index (χ4v) is 18.2. The van der Waals surface area contributed by atoms with E-state index >= 15 is 0 Å². The van der Waals surface area contributed by atoms with Crippen molar-refractivity contribution in [2.75, 3.05) is 6.54 Å². The topological polar surface area (TPSA) is 135 Å². The predicted octanol–water partition coefficient (Wildman–Crippen LogP) is 4.82. The maximum atomic E-state index is 12.1. The largest absolute Gasteiger partial charge is 0.480 e. The summed E-state index contributed by atoms with van der Waals surface area (Å²) in [4.78, 5) is 22.8. The van der Waals surface area contributed by atoms with Crippen LogP contribution in [-0.2, 0) is 17.8 Å². The Morgan fingerprint density at radius 2 is 1.52 bits per heavy atom. The van der Waals surface area contributed by atoms with Crippen LogP contribution in [0.2, 0.25) is 51.4 Å². The normalized spacial score (nSPS) is 13.6. The number of amides is 1. The maximum absolute atomic E-state index is 12.1. The molecule has 33 heavy (non-hydrogen) atoms. The van der Waals surface area contributed by atoms with Gasteiger partial charge in [-0.15, -0.1) is 0 Å². The van der Waals surface area contributed by atoms with Gasteiger partial charge in [0.25, 0.3) is 0 Å². The summed E-state index contributed by atoms with van der Waals surface area (Å²) in [5.41, 5.74) is 5.83. The first-order chi connectivity index (χ1) is 15.1. The third-order valence-electron chi connectivity index (χ3n) is 5.39. The molecule has 1 atom stereocenters. The van der Waals surface area contributed by atoms with Crippen LogP contribution in [-0.4, -0.2) is 60.5 Å². The van der Waals surface area contributed by atoms with Crippen molar-refractivity contribution in [1.82, 2.24) is 5.32 Å². The third-order valence-corrected chi connectivity index (χ3v) is 16.9. The molecule has 0 aliphatic carbocycles. The summed E-state index contributed by atoms with van der Waals surface area (Å²) in [6, 6.07) is 1.27. The quantitative estimate of drug-likeness (QED) is 0.110. The molecule has 0 spiro atoms. The molecule has 5 N–H and O–H groups in total. The lowest BCUT2D eigenvalue weighted by molar-refractivity contribution is -0.138. The SMILES string of the molecule is CCCC[Si](C)(C)O[Si](C)(C)O[Si](C)(C)CCCNC(=O)CC(=N)CCCC[C@H](N)C(=O)O. The lowest BCUT2D eigenvalue weighted by Gasteiger charge is -2.38. The second kappa shape index (κ2) is 15.2. The van der Waals surface area contributed by atoms with Gasteiger partial charge in [-0.3, -0.25) is 9.59 Å². The van der Waals surface area contributed by atoms with Gasteiger partial charge >= 0.3 is 14.5 Å². The van der Waals surface area contributed by atoms with E-state index in [1.54, 1.807) is 0 Å². The first kappa shape index (κ1) is 32.1. The number of hydrogen-bond acceptors (Lipinski definition) is 6. The first-order valence-corrected chi connectivity index (χ1v) is 21.4. The average molecular weight is 520 g/mol. The number of rotatable bonds is 19. The molecular weight excluding hydrogens is 471 g/mol. The van der Waals surface area contributed by atoms with E-state index in [-0.39, 0.29) is 12.3 Å². The van der Waals surface area contributed by atoms with Gasteiger partial charge in [0.1, 0.15) is 6.04 Å². The van der Waals surface area contributed by atoms with E-state index in [1.807, 2.05) is 0 Å². The molecule has 0 heterocycles. The lowest BCUT2D eigenvalue weighted by atomic mass is 10.1. The van der Waals surface area contributed by atoms with Crippen LogP contribution in [0.4, 0.5) is 0 Å². The highest BCUT2D eigenvalue weighted by Gasteiger charge is 2.39. The van der Waals surface area contributed by atoms with Crippen molar-refractivity contribution in [3.05, 3.63) is 0 Å². The van der Waals surface area contributed by atoms with Crippen LogP contribution in [0.25, 0.3) is 0 Å². The average Bonchev–Trinajstić information content (AvgIpc) is 2.65. The van der Waals surface area contributed by atoms with E-state index in [4.69, 9.17) is 24.5 Å². The first-order valence-electron chi connectivity index (χ1n) is 12.3. The molecule has 0 aromatic carbocycles. The molecular formula is C22H49N3O5Si3. The minimum Gasteiger partial charge on any atom is -0.480 e. The van der Waals surface area contributed by atoms with E-state index in [0.29, 0.717) is 37.9 Å². The number of nitrogens with two attached hydrogens (primary N) is 1. The summed E-state index contributed by atoms with van der Waals surface area (Å²) in [5.74, 6) is -1.14. The number of unbranched alkanes of at least 4 members (excludes halogenated alkanes) is 2. The Hall–Kier alpha value is -0.859. The Labute approximate surface area is 204 Å². The molecule has 0 fully saturated rings. The molecule has 0 saturated heterocycles. The molecule has 0 unspecified atom stereocenters. The zero-order valence-corrected chi connectivity index (χ0v) is 25.0. The van der Waals surface area contributed by atoms with Crippen molar-refractivity contribution in [3.8, 4) is 0 Å². The molecule has 0 radical (unpaired) electrons. The van der Waals surface area contributed by atoms with Crippen LogP contribution in [0.5, 0.6) is 0 Å². The van der Waals surface area contributed by atoms with Crippen LogP contribution in [0.1, 0.15) is 58.3 Å². The Kier molecular flexibility index (Phi) is 14.8. The third kappa shape index (κ3) is 17.3. The van der Waals surface area contributed by atoms with Crippen molar-refractivity contribution in [2.24, 2.45) is 5.73 Å². The Bertz CT molecular complexity index is 630. The molecule has 0 aromatic rings.